The van der Waals surface area contributed by atoms with Crippen molar-refractivity contribution < 1.29 is 28.8 Å². The fourth-order valence-corrected chi connectivity index (χ4v) is 4.36. The van der Waals surface area contributed by atoms with Crippen LogP contribution in [0.3, 0.4) is 0 Å². The van der Waals surface area contributed by atoms with E-state index >= 15 is 0 Å². The molecule has 198 valence electrons. The van der Waals surface area contributed by atoms with E-state index in [1.807, 2.05) is 30.3 Å². The first-order valence-electron chi connectivity index (χ1n) is 12.5. The molecule has 8 nitrogen and oxygen atoms in total. The highest BCUT2D eigenvalue weighted by atomic mass is 16.6. The fourth-order valence-electron chi connectivity index (χ4n) is 4.36. The van der Waals surface area contributed by atoms with Crippen LogP contribution in [0.2, 0.25) is 0 Å². The summed E-state index contributed by atoms with van der Waals surface area (Å²) in [6.45, 7) is 5.18. The summed E-state index contributed by atoms with van der Waals surface area (Å²) in [4.78, 5) is 50.6. The SMILES string of the molecule is CCOC(=O)C(CCc1ccccc1)(CC(=O)c1ccc(-c2ccc([N+](=O)[O-])cc2)cc1C)C(=O)OCC. The molecule has 3 aromatic carbocycles. The lowest BCUT2D eigenvalue weighted by molar-refractivity contribution is -0.384. The number of carbonyl (C=O) groups is 3. The molecule has 0 spiro atoms. The lowest BCUT2D eigenvalue weighted by atomic mass is 9.76. The van der Waals surface area contributed by atoms with E-state index in [4.69, 9.17) is 9.47 Å². The molecule has 0 heterocycles. The molecule has 3 rings (SSSR count). The molecule has 0 unspecified atom stereocenters. The number of ketones is 1. The number of aryl methyl sites for hydroxylation is 2. The topological polar surface area (TPSA) is 113 Å². The van der Waals surface area contributed by atoms with Gasteiger partial charge in [-0.05, 0) is 68.0 Å². The normalized spacial score (nSPS) is 11.0. The van der Waals surface area contributed by atoms with E-state index in [9.17, 15) is 24.5 Å². The van der Waals surface area contributed by atoms with Gasteiger partial charge in [0, 0.05) is 24.1 Å². The van der Waals surface area contributed by atoms with Gasteiger partial charge in [0.25, 0.3) is 5.69 Å². The Morgan fingerprint density at radius 1 is 0.842 bits per heavy atom. The van der Waals surface area contributed by atoms with Gasteiger partial charge < -0.3 is 9.47 Å². The summed E-state index contributed by atoms with van der Waals surface area (Å²) in [7, 11) is 0. The minimum absolute atomic E-state index is 0.0120. The summed E-state index contributed by atoms with van der Waals surface area (Å²) in [6.07, 6.45) is 0.0410. The Morgan fingerprint density at radius 2 is 1.42 bits per heavy atom. The largest absolute Gasteiger partial charge is 0.465 e. The van der Waals surface area contributed by atoms with Crippen molar-refractivity contribution in [3.63, 3.8) is 0 Å². The number of nitro benzene ring substituents is 1. The highest BCUT2D eigenvalue weighted by Gasteiger charge is 2.50. The first-order chi connectivity index (χ1) is 18.2. The van der Waals surface area contributed by atoms with Gasteiger partial charge in [-0.1, -0.05) is 48.5 Å². The van der Waals surface area contributed by atoms with Crippen LogP contribution in [0.1, 0.15) is 48.2 Å². The molecule has 0 radical (unpaired) electrons. The van der Waals surface area contributed by atoms with E-state index in [1.165, 1.54) is 12.1 Å². The fraction of sp³-hybridized carbons (Fsp3) is 0.300. The highest BCUT2D eigenvalue weighted by molar-refractivity contribution is 6.08. The van der Waals surface area contributed by atoms with Crippen molar-refractivity contribution in [3.05, 3.63) is 99.6 Å². The van der Waals surface area contributed by atoms with E-state index < -0.39 is 28.7 Å². The summed E-state index contributed by atoms with van der Waals surface area (Å²) >= 11 is 0. The molecule has 0 aromatic heterocycles. The molecule has 3 aromatic rings. The second-order valence-electron chi connectivity index (χ2n) is 8.94. The zero-order valence-corrected chi connectivity index (χ0v) is 21.8. The third-order valence-corrected chi connectivity index (χ3v) is 6.42. The monoisotopic (exact) mass is 517 g/mol. The Kier molecular flexibility index (Phi) is 9.49. The van der Waals surface area contributed by atoms with Crippen molar-refractivity contribution in [3.8, 4) is 11.1 Å². The summed E-state index contributed by atoms with van der Waals surface area (Å²) in [5.74, 6) is -1.93. The van der Waals surface area contributed by atoms with Gasteiger partial charge in [-0.15, -0.1) is 0 Å². The third kappa shape index (κ3) is 6.51. The van der Waals surface area contributed by atoms with Crippen LogP contribution in [0.15, 0.2) is 72.8 Å². The maximum absolute atomic E-state index is 13.6. The molecule has 0 aliphatic heterocycles. The van der Waals surface area contributed by atoms with Crippen LogP contribution in [0, 0.1) is 22.5 Å². The molecule has 0 atom stereocenters. The third-order valence-electron chi connectivity index (χ3n) is 6.42. The first-order valence-corrected chi connectivity index (χ1v) is 12.5. The number of carbonyl (C=O) groups excluding carboxylic acids is 3. The van der Waals surface area contributed by atoms with Crippen LogP contribution in [0.25, 0.3) is 11.1 Å². The average Bonchev–Trinajstić information content (AvgIpc) is 2.91. The average molecular weight is 518 g/mol. The van der Waals surface area contributed by atoms with E-state index in [0.29, 0.717) is 17.5 Å². The summed E-state index contributed by atoms with van der Waals surface area (Å²) in [6, 6.07) is 20.7. The number of nitro groups is 1. The summed E-state index contributed by atoms with van der Waals surface area (Å²) in [5, 5.41) is 10.9. The Balaban J connectivity index is 1.93. The van der Waals surface area contributed by atoms with Gasteiger partial charge in [-0.25, -0.2) is 0 Å². The molecule has 0 bridgehead atoms. The number of non-ortho nitro benzene ring substituents is 1. The first kappa shape index (κ1) is 28.2. The number of Topliss-reactive ketones (excluding diaryl/α,β-unsaturated/α-hetero) is 1. The molecule has 38 heavy (non-hydrogen) atoms. The van der Waals surface area contributed by atoms with Crippen molar-refractivity contribution in [2.45, 2.75) is 40.0 Å². The molecule has 0 saturated carbocycles. The second-order valence-corrected chi connectivity index (χ2v) is 8.94. The number of hydrogen-bond donors (Lipinski definition) is 0. The minimum atomic E-state index is -1.79. The van der Waals surface area contributed by atoms with Crippen molar-refractivity contribution >= 4 is 23.4 Å². The quantitative estimate of drug-likeness (QED) is 0.0968. The van der Waals surface area contributed by atoms with Gasteiger partial charge in [0.2, 0.25) is 0 Å². The number of hydrogen-bond acceptors (Lipinski definition) is 7. The molecule has 0 aliphatic carbocycles. The van der Waals surface area contributed by atoms with Gasteiger partial charge in [0.15, 0.2) is 11.2 Å². The predicted molar refractivity (Wildman–Crippen MR) is 143 cm³/mol. The summed E-state index contributed by atoms with van der Waals surface area (Å²) in [5.41, 5.74) is 1.67. The van der Waals surface area contributed by atoms with Crippen LogP contribution in [0.4, 0.5) is 5.69 Å². The van der Waals surface area contributed by atoms with Gasteiger partial charge >= 0.3 is 11.9 Å². The van der Waals surface area contributed by atoms with Crippen LogP contribution < -0.4 is 0 Å². The van der Waals surface area contributed by atoms with E-state index in [0.717, 1.165) is 16.7 Å². The lowest BCUT2D eigenvalue weighted by Crippen LogP contribution is -2.44. The number of rotatable bonds is 12. The number of benzene rings is 3. The molecule has 0 N–H and O–H groups in total. The Hall–Kier alpha value is -4.33. The summed E-state index contributed by atoms with van der Waals surface area (Å²) < 4.78 is 10.6. The van der Waals surface area contributed by atoms with Crippen LogP contribution in [-0.2, 0) is 25.5 Å². The van der Waals surface area contributed by atoms with Gasteiger partial charge in [0.05, 0.1) is 18.1 Å². The van der Waals surface area contributed by atoms with Crippen molar-refractivity contribution in [1.82, 2.24) is 0 Å². The molecule has 0 fully saturated rings. The lowest BCUT2D eigenvalue weighted by Gasteiger charge is -2.29. The van der Waals surface area contributed by atoms with Crippen molar-refractivity contribution in [2.24, 2.45) is 5.41 Å². The predicted octanol–water partition coefficient (Wildman–Crippen LogP) is 5.89. The molecular weight excluding hydrogens is 486 g/mol. The van der Waals surface area contributed by atoms with Crippen LogP contribution in [0.5, 0.6) is 0 Å². The smallest absolute Gasteiger partial charge is 0.323 e. The molecule has 8 heteroatoms. The minimum Gasteiger partial charge on any atom is -0.465 e. The molecule has 0 saturated heterocycles. The Labute approximate surface area is 221 Å². The van der Waals surface area contributed by atoms with Gasteiger partial charge in [-0.3, -0.25) is 24.5 Å². The maximum atomic E-state index is 13.6. The zero-order valence-electron chi connectivity index (χ0n) is 21.8. The molecular formula is C30H31NO7. The zero-order chi connectivity index (χ0) is 27.7. The van der Waals surface area contributed by atoms with Gasteiger partial charge in [0.1, 0.15) is 0 Å². The van der Waals surface area contributed by atoms with Crippen molar-refractivity contribution in [1.29, 1.82) is 0 Å². The number of nitrogens with zero attached hydrogens (tertiary/aromatic N) is 1. The number of esters is 2. The standard InChI is InChI=1S/C30H31NO7/c1-4-37-28(33)30(29(34)38-5-2,18-17-22-9-7-6-8-10-22)20-27(32)26-16-13-24(19-21(26)3)23-11-14-25(15-12-23)31(35)36/h6-16,19H,4-5,17-18,20H2,1-3H3. The highest BCUT2D eigenvalue weighted by Crippen LogP contribution is 2.35. The molecule has 0 amide bonds. The number of ether oxygens (including phenoxy) is 2. The van der Waals surface area contributed by atoms with Gasteiger partial charge in [-0.2, -0.15) is 0 Å². The van der Waals surface area contributed by atoms with Crippen LogP contribution >= 0.6 is 0 Å². The second kappa shape index (κ2) is 12.8. The van der Waals surface area contributed by atoms with E-state index in [-0.39, 0.29) is 31.1 Å². The van der Waals surface area contributed by atoms with E-state index in [1.54, 1.807) is 51.1 Å². The molecule has 0 aliphatic rings. The Bertz CT molecular complexity index is 1280. The van der Waals surface area contributed by atoms with E-state index in [2.05, 4.69) is 0 Å². The van der Waals surface area contributed by atoms with Crippen molar-refractivity contribution in [2.75, 3.05) is 13.2 Å². The Morgan fingerprint density at radius 3 is 1.95 bits per heavy atom. The van der Waals surface area contributed by atoms with Crippen LogP contribution in [-0.4, -0.2) is 35.9 Å². The maximum Gasteiger partial charge on any atom is 0.323 e.